The molecular weight excluding hydrogens is 346 g/mol. The molecule has 2 atom stereocenters. The van der Waals surface area contributed by atoms with Crippen molar-refractivity contribution in [2.45, 2.75) is 97.1 Å². The van der Waals surface area contributed by atoms with Gasteiger partial charge in [0.15, 0.2) is 0 Å². The van der Waals surface area contributed by atoms with Crippen molar-refractivity contribution in [2.24, 2.45) is 5.92 Å². The van der Waals surface area contributed by atoms with E-state index in [0.29, 0.717) is 25.0 Å². The van der Waals surface area contributed by atoms with Gasteiger partial charge in [0.2, 0.25) is 0 Å². The summed E-state index contributed by atoms with van der Waals surface area (Å²) in [7, 11) is 0. The lowest BCUT2D eigenvalue weighted by Crippen LogP contribution is -2.33. The molecule has 1 fully saturated rings. The van der Waals surface area contributed by atoms with Crippen molar-refractivity contribution in [1.82, 2.24) is 4.90 Å². The van der Waals surface area contributed by atoms with Gasteiger partial charge in [0.1, 0.15) is 0 Å². The molecule has 0 radical (unpaired) electrons. The molecule has 2 unspecified atom stereocenters. The second-order valence-corrected chi connectivity index (χ2v) is 8.34. The number of benzene rings is 1. The van der Waals surface area contributed by atoms with Gasteiger partial charge < -0.3 is 4.74 Å². The molecule has 3 nitrogen and oxygen atoms in total. The summed E-state index contributed by atoms with van der Waals surface area (Å²) in [6.45, 7) is 6.76. The number of hydrogen-bond acceptors (Lipinski definition) is 3. The van der Waals surface area contributed by atoms with Crippen LogP contribution in [0.25, 0.3) is 0 Å². The summed E-state index contributed by atoms with van der Waals surface area (Å²) in [6.07, 6.45) is 13.8. The number of ether oxygens (including phenoxy) is 1. The van der Waals surface area contributed by atoms with Crippen LogP contribution in [-0.2, 0) is 16.1 Å². The van der Waals surface area contributed by atoms with E-state index in [2.05, 4.69) is 42.2 Å². The summed E-state index contributed by atoms with van der Waals surface area (Å²) in [5, 5.41) is 0. The van der Waals surface area contributed by atoms with E-state index in [1.165, 1.54) is 63.4 Å². The number of carbonyl (C=O) groups excluding carboxylic acids is 1. The fourth-order valence-electron chi connectivity index (χ4n) is 4.58. The molecule has 3 heteroatoms. The van der Waals surface area contributed by atoms with E-state index in [1.807, 2.05) is 6.92 Å². The minimum Gasteiger partial charge on any atom is -0.466 e. The van der Waals surface area contributed by atoms with Crippen LogP contribution in [0.4, 0.5) is 0 Å². The predicted molar refractivity (Wildman–Crippen MR) is 117 cm³/mol. The van der Waals surface area contributed by atoms with Crippen LogP contribution < -0.4 is 0 Å². The third-order valence-corrected chi connectivity index (χ3v) is 6.12. The molecule has 158 valence electrons. The first-order valence-electron chi connectivity index (χ1n) is 11.7. The van der Waals surface area contributed by atoms with Crippen LogP contribution in [0.2, 0.25) is 0 Å². The van der Waals surface area contributed by atoms with Gasteiger partial charge in [0.05, 0.1) is 6.61 Å². The Hall–Kier alpha value is -1.35. The fourth-order valence-corrected chi connectivity index (χ4v) is 4.58. The van der Waals surface area contributed by atoms with Crippen LogP contribution in [0.3, 0.4) is 0 Å². The molecule has 0 bridgehead atoms. The molecule has 1 heterocycles. The zero-order valence-corrected chi connectivity index (χ0v) is 18.2. The quantitative estimate of drug-likeness (QED) is 0.275. The van der Waals surface area contributed by atoms with Crippen molar-refractivity contribution >= 4 is 5.97 Å². The Morgan fingerprint density at radius 1 is 1.00 bits per heavy atom. The highest BCUT2D eigenvalue weighted by Gasteiger charge is 2.35. The first kappa shape index (κ1) is 22.9. The highest BCUT2D eigenvalue weighted by molar-refractivity contribution is 5.69. The Morgan fingerprint density at radius 2 is 1.68 bits per heavy atom. The van der Waals surface area contributed by atoms with Crippen LogP contribution in [0.15, 0.2) is 30.3 Å². The molecule has 1 aromatic carbocycles. The van der Waals surface area contributed by atoms with Crippen molar-refractivity contribution in [2.75, 3.05) is 13.2 Å². The molecule has 0 aromatic heterocycles. The average Bonchev–Trinajstić information content (AvgIpc) is 3.06. The Kier molecular flexibility index (Phi) is 11.3. The molecule has 1 saturated heterocycles. The SMILES string of the molecule is CCCCCCCCCCC1C(CC(=O)OCC)CCN1Cc1ccccc1. The maximum atomic E-state index is 12.1. The predicted octanol–water partition coefficient (Wildman–Crippen LogP) is 6.36. The summed E-state index contributed by atoms with van der Waals surface area (Å²) in [5.41, 5.74) is 1.38. The molecule has 0 aliphatic carbocycles. The third-order valence-electron chi connectivity index (χ3n) is 6.12. The highest BCUT2D eigenvalue weighted by Crippen LogP contribution is 2.32. The van der Waals surface area contributed by atoms with Gasteiger partial charge in [0.25, 0.3) is 0 Å². The lowest BCUT2D eigenvalue weighted by molar-refractivity contribution is -0.144. The minimum atomic E-state index is -0.0185. The third kappa shape index (κ3) is 8.34. The van der Waals surface area contributed by atoms with Gasteiger partial charge in [-0.15, -0.1) is 0 Å². The van der Waals surface area contributed by atoms with Gasteiger partial charge in [-0.1, -0.05) is 88.6 Å². The second-order valence-electron chi connectivity index (χ2n) is 8.34. The van der Waals surface area contributed by atoms with Crippen molar-refractivity contribution in [1.29, 1.82) is 0 Å². The number of esters is 1. The van der Waals surface area contributed by atoms with E-state index in [4.69, 9.17) is 4.74 Å². The Morgan fingerprint density at radius 3 is 2.36 bits per heavy atom. The highest BCUT2D eigenvalue weighted by atomic mass is 16.5. The van der Waals surface area contributed by atoms with Crippen LogP contribution >= 0.6 is 0 Å². The standard InChI is InChI=1S/C25H41NO2/c1-3-5-6-7-8-9-10-14-17-24-23(20-25(27)28-4-2)18-19-26(24)21-22-15-12-11-13-16-22/h11-13,15-16,23-24H,3-10,14,17-21H2,1-2H3. The topological polar surface area (TPSA) is 29.5 Å². The maximum Gasteiger partial charge on any atom is 0.306 e. The van der Waals surface area contributed by atoms with Crippen molar-refractivity contribution in [3.8, 4) is 0 Å². The molecule has 0 spiro atoms. The maximum absolute atomic E-state index is 12.1. The Labute approximate surface area is 172 Å². The number of carbonyl (C=O) groups is 1. The minimum absolute atomic E-state index is 0.0185. The number of nitrogens with zero attached hydrogens (tertiary/aromatic N) is 1. The average molecular weight is 388 g/mol. The summed E-state index contributed by atoms with van der Waals surface area (Å²) in [4.78, 5) is 14.7. The first-order chi connectivity index (χ1) is 13.7. The summed E-state index contributed by atoms with van der Waals surface area (Å²) in [6, 6.07) is 11.3. The summed E-state index contributed by atoms with van der Waals surface area (Å²) in [5.74, 6) is 0.433. The van der Waals surface area contributed by atoms with E-state index in [1.54, 1.807) is 0 Å². The zero-order chi connectivity index (χ0) is 20.0. The van der Waals surface area contributed by atoms with E-state index >= 15 is 0 Å². The van der Waals surface area contributed by atoms with E-state index in [9.17, 15) is 4.79 Å². The molecule has 0 N–H and O–H groups in total. The number of hydrogen-bond donors (Lipinski definition) is 0. The van der Waals surface area contributed by atoms with E-state index in [0.717, 1.165) is 19.5 Å². The number of unbranched alkanes of at least 4 members (excludes halogenated alkanes) is 7. The number of rotatable bonds is 14. The van der Waals surface area contributed by atoms with Gasteiger partial charge in [-0.05, 0) is 37.8 Å². The van der Waals surface area contributed by atoms with Gasteiger partial charge in [-0.3, -0.25) is 9.69 Å². The smallest absolute Gasteiger partial charge is 0.306 e. The monoisotopic (exact) mass is 387 g/mol. The first-order valence-corrected chi connectivity index (χ1v) is 11.7. The van der Waals surface area contributed by atoms with Gasteiger partial charge in [-0.2, -0.15) is 0 Å². The van der Waals surface area contributed by atoms with Gasteiger partial charge in [-0.25, -0.2) is 0 Å². The molecule has 0 amide bonds. The van der Waals surface area contributed by atoms with Crippen molar-refractivity contribution < 1.29 is 9.53 Å². The van der Waals surface area contributed by atoms with Crippen LogP contribution in [0, 0.1) is 5.92 Å². The molecule has 1 aliphatic rings. The lowest BCUT2D eigenvalue weighted by Gasteiger charge is -2.28. The molecular formula is C25H41NO2. The second kappa shape index (κ2) is 13.8. The fraction of sp³-hybridized carbons (Fsp3) is 0.720. The van der Waals surface area contributed by atoms with E-state index < -0.39 is 0 Å². The van der Waals surface area contributed by atoms with Crippen LogP contribution in [-0.4, -0.2) is 30.1 Å². The summed E-state index contributed by atoms with van der Waals surface area (Å²) < 4.78 is 5.24. The zero-order valence-electron chi connectivity index (χ0n) is 18.2. The van der Waals surface area contributed by atoms with E-state index in [-0.39, 0.29) is 5.97 Å². The summed E-state index contributed by atoms with van der Waals surface area (Å²) >= 11 is 0. The largest absolute Gasteiger partial charge is 0.466 e. The van der Waals surface area contributed by atoms with Crippen LogP contribution in [0.1, 0.15) is 90.0 Å². The molecule has 28 heavy (non-hydrogen) atoms. The Bertz CT molecular complexity index is 531. The van der Waals surface area contributed by atoms with Crippen molar-refractivity contribution in [3.05, 3.63) is 35.9 Å². The van der Waals surface area contributed by atoms with Crippen LogP contribution in [0.5, 0.6) is 0 Å². The lowest BCUT2D eigenvalue weighted by atomic mass is 9.92. The molecule has 1 aromatic rings. The van der Waals surface area contributed by atoms with Crippen molar-refractivity contribution in [3.63, 3.8) is 0 Å². The van der Waals surface area contributed by atoms with Gasteiger partial charge >= 0.3 is 5.97 Å². The normalized spacial score (nSPS) is 19.8. The number of likely N-dealkylation sites (tertiary alicyclic amines) is 1. The molecule has 1 aliphatic heterocycles. The molecule has 0 saturated carbocycles. The van der Waals surface area contributed by atoms with Gasteiger partial charge in [0, 0.05) is 19.0 Å². The Balaban J connectivity index is 1.81. The molecule has 2 rings (SSSR count).